The van der Waals surface area contributed by atoms with Gasteiger partial charge in [0.25, 0.3) is 0 Å². The van der Waals surface area contributed by atoms with Crippen molar-refractivity contribution in [1.29, 1.82) is 0 Å². The lowest BCUT2D eigenvalue weighted by Gasteiger charge is -2.23. The largest absolute Gasteiger partial charge is 0.380 e. The molecule has 14 heavy (non-hydrogen) atoms. The molecule has 1 saturated heterocycles. The number of hydrogen-bond donors (Lipinski definition) is 1. The van der Waals surface area contributed by atoms with E-state index in [0.29, 0.717) is 26.3 Å². The highest BCUT2D eigenvalue weighted by atomic mass is 16.5. The second-order valence-electron chi connectivity index (χ2n) is 3.47. The molecule has 0 aromatic heterocycles. The van der Waals surface area contributed by atoms with Crippen LogP contribution in [0.5, 0.6) is 0 Å². The summed E-state index contributed by atoms with van der Waals surface area (Å²) in [5.41, 5.74) is 0. The molecule has 1 unspecified atom stereocenters. The van der Waals surface area contributed by atoms with E-state index in [9.17, 15) is 4.79 Å². The van der Waals surface area contributed by atoms with Gasteiger partial charge in [0.1, 0.15) is 0 Å². The average molecular weight is 200 g/mol. The van der Waals surface area contributed by atoms with Gasteiger partial charge in [0.15, 0.2) is 0 Å². The summed E-state index contributed by atoms with van der Waals surface area (Å²) in [6.07, 6.45) is 2.35. The molecule has 82 valence electrons. The van der Waals surface area contributed by atoms with Crippen molar-refractivity contribution >= 4 is 5.91 Å². The molecule has 1 N–H and O–H groups in total. The lowest BCUT2D eigenvalue weighted by molar-refractivity contribution is -0.128. The van der Waals surface area contributed by atoms with Crippen LogP contribution in [0.1, 0.15) is 26.7 Å². The number of nitrogens with one attached hydrogen (secondary N) is 1. The molecule has 0 aromatic rings. The number of hydrogen-bond acceptors (Lipinski definition) is 3. The Balaban J connectivity index is 2.33. The molecule has 1 aliphatic rings. The summed E-state index contributed by atoms with van der Waals surface area (Å²) in [4.78, 5) is 13.3. The van der Waals surface area contributed by atoms with Crippen LogP contribution >= 0.6 is 0 Å². The second kappa shape index (κ2) is 5.98. The molecule has 1 rings (SSSR count). The van der Waals surface area contributed by atoms with Crippen molar-refractivity contribution in [2.75, 3.05) is 26.3 Å². The fourth-order valence-corrected chi connectivity index (χ4v) is 1.71. The van der Waals surface area contributed by atoms with Gasteiger partial charge in [-0.05, 0) is 13.3 Å². The zero-order valence-corrected chi connectivity index (χ0v) is 9.08. The Morgan fingerprint density at radius 1 is 1.57 bits per heavy atom. The smallest absolute Gasteiger partial charge is 0.237 e. The van der Waals surface area contributed by atoms with Crippen LogP contribution in [-0.2, 0) is 9.53 Å². The van der Waals surface area contributed by atoms with Crippen LogP contribution in [0.15, 0.2) is 0 Å². The third-order valence-corrected chi connectivity index (χ3v) is 2.43. The predicted octanol–water partition coefficient (Wildman–Crippen LogP) is 0.581. The van der Waals surface area contributed by atoms with E-state index in [0.717, 1.165) is 12.8 Å². The predicted molar refractivity (Wildman–Crippen MR) is 54.9 cm³/mol. The van der Waals surface area contributed by atoms with Crippen molar-refractivity contribution < 1.29 is 9.53 Å². The minimum Gasteiger partial charge on any atom is -0.380 e. The van der Waals surface area contributed by atoms with Crippen LogP contribution in [0, 0.1) is 0 Å². The van der Waals surface area contributed by atoms with Crippen LogP contribution in [0.25, 0.3) is 0 Å². The van der Waals surface area contributed by atoms with E-state index in [-0.39, 0.29) is 12.1 Å². The summed E-state index contributed by atoms with van der Waals surface area (Å²) in [6.45, 7) is 6.65. The first-order chi connectivity index (χ1) is 6.79. The number of amides is 1. The zero-order chi connectivity index (χ0) is 10.4. The molecule has 1 atom stereocenters. The van der Waals surface area contributed by atoms with Gasteiger partial charge in [-0.25, -0.2) is 0 Å². The molecule has 0 radical (unpaired) electrons. The van der Waals surface area contributed by atoms with Gasteiger partial charge in [0, 0.05) is 13.2 Å². The molecule has 1 fully saturated rings. The van der Waals surface area contributed by atoms with Crippen molar-refractivity contribution in [3.8, 4) is 0 Å². The summed E-state index contributed by atoms with van der Waals surface area (Å²) in [7, 11) is 0. The summed E-state index contributed by atoms with van der Waals surface area (Å²) in [6, 6.07) is 0. The van der Waals surface area contributed by atoms with Gasteiger partial charge in [-0.15, -0.1) is 0 Å². The van der Waals surface area contributed by atoms with E-state index in [1.165, 1.54) is 0 Å². The normalized spacial score (nSPS) is 22.0. The van der Waals surface area contributed by atoms with E-state index >= 15 is 0 Å². The maximum absolute atomic E-state index is 11.5. The molecular weight excluding hydrogens is 180 g/mol. The maximum Gasteiger partial charge on any atom is 0.237 e. The van der Waals surface area contributed by atoms with Crippen LogP contribution in [0.3, 0.4) is 0 Å². The first-order valence-corrected chi connectivity index (χ1v) is 5.40. The van der Waals surface area contributed by atoms with E-state index in [1.807, 2.05) is 11.8 Å². The van der Waals surface area contributed by atoms with E-state index < -0.39 is 0 Å². The van der Waals surface area contributed by atoms with Crippen molar-refractivity contribution in [2.24, 2.45) is 0 Å². The molecule has 0 aromatic carbocycles. The van der Waals surface area contributed by atoms with Gasteiger partial charge in [-0.2, -0.15) is 0 Å². The van der Waals surface area contributed by atoms with Gasteiger partial charge >= 0.3 is 0 Å². The van der Waals surface area contributed by atoms with Crippen LogP contribution in [0.2, 0.25) is 0 Å². The Morgan fingerprint density at radius 2 is 2.36 bits per heavy atom. The Kier molecular flexibility index (Phi) is 4.90. The average Bonchev–Trinajstić information content (AvgIpc) is 2.50. The molecule has 0 saturated carbocycles. The molecule has 1 amide bonds. The monoisotopic (exact) mass is 200 g/mol. The zero-order valence-electron chi connectivity index (χ0n) is 9.08. The van der Waals surface area contributed by atoms with E-state index in [1.54, 1.807) is 0 Å². The van der Waals surface area contributed by atoms with Gasteiger partial charge < -0.3 is 9.64 Å². The van der Waals surface area contributed by atoms with Gasteiger partial charge in [0.05, 0.1) is 19.3 Å². The van der Waals surface area contributed by atoms with Crippen LogP contribution in [-0.4, -0.2) is 43.3 Å². The first kappa shape index (κ1) is 11.5. The van der Waals surface area contributed by atoms with E-state index in [2.05, 4.69) is 12.2 Å². The van der Waals surface area contributed by atoms with Crippen LogP contribution in [0.4, 0.5) is 0 Å². The van der Waals surface area contributed by atoms with Gasteiger partial charge in [-0.3, -0.25) is 10.1 Å². The first-order valence-electron chi connectivity index (χ1n) is 5.40. The lowest BCUT2D eigenvalue weighted by atomic mass is 10.2. The molecule has 1 aliphatic heterocycles. The molecule has 4 nitrogen and oxygen atoms in total. The minimum absolute atomic E-state index is 0.197. The fourth-order valence-electron chi connectivity index (χ4n) is 1.71. The molecule has 0 spiro atoms. The third kappa shape index (κ3) is 2.96. The number of carbonyl (C=O) groups is 1. The number of carbonyl (C=O) groups excluding carboxylic acids is 1. The molecule has 0 bridgehead atoms. The minimum atomic E-state index is 0.197. The SMILES string of the molecule is CCCC1NCC(=O)N1CCOCC. The Morgan fingerprint density at radius 3 is 3.00 bits per heavy atom. The highest BCUT2D eigenvalue weighted by molar-refractivity contribution is 5.80. The highest BCUT2D eigenvalue weighted by Crippen LogP contribution is 2.09. The fraction of sp³-hybridized carbons (Fsp3) is 0.900. The maximum atomic E-state index is 11.5. The van der Waals surface area contributed by atoms with Crippen molar-refractivity contribution in [3.05, 3.63) is 0 Å². The second-order valence-corrected chi connectivity index (χ2v) is 3.47. The molecule has 0 aliphatic carbocycles. The van der Waals surface area contributed by atoms with Crippen LogP contribution < -0.4 is 5.32 Å². The van der Waals surface area contributed by atoms with Gasteiger partial charge in [0.2, 0.25) is 5.91 Å². The number of ether oxygens (including phenoxy) is 1. The summed E-state index contributed by atoms with van der Waals surface area (Å²) >= 11 is 0. The standard InChI is InChI=1S/C10H20N2O2/c1-3-5-9-11-8-10(13)12(9)6-7-14-4-2/h9,11H,3-8H2,1-2H3. The Hall–Kier alpha value is -0.610. The van der Waals surface area contributed by atoms with Crippen molar-refractivity contribution in [2.45, 2.75) is 32.9 Å². The molecule has 1 heterocycles. The van der Waals surface area contributed by atoms with E-state index in [4.69, 9.17) is 4.74 Å². The summed E-state index contributed by atoms with van der Waals surface area (Å²) in [5.74, 6) is 0.197. The third-order valence-electron chi connectivity index (χ3n) is 2.43. The quantitative estimate of drug-likeness (QED) is 0.638. The van der Waals surface area contributed by atoms with Crippen molar-refractivity contribution in [1.82, 2.24) is 10.2 Å². The highest BCUT2D eigenvalue weighted by Gasteiger charge is 2.28. The van der Waals surface area contributed by atoms with Crippen molar-refractivity contribution in [3.63, 3.8) is 0 Å². The summed E-state index contributed by atoms with van der Waals surface area (Å²) in [5, 5.41) is 3.21. The number of nitrogens with zero attached hydrogens (tertiary/aromatic N) is 1. The summed E-state index contributed by atoms with van der Waals surface area (Å²) < 4.78 is 5.25. The topological polar surface area (TPSA) is 41.6 Å². The lowest BCUT2D eigenvalue weighted by Crippen LogP contribution is -2.39. The molecular formula is C10H20N2O2. The Bertz CT molecular complexity index is 185. The number of rotatable bonds is 6. The van der Waals surface area contributed by atoms with Gasteiger partial charge in [-0.1, -0.05) is 13.3 Å². The Labute approximate surface area is 85.6 Å². The molecule has 4 heteroatoms.